The first-order valence-corrected chi connectivity index (χ1v) is 3.63. The molecule has 2 heteroatoms. The molecule has 0 atom stereocenters. The third kappa shape index (κ3) is 2.89. The largest absolute Gasteiger partial charge is 0.203 e. The maximum atomic E-state index is 4.40. The summed E-state index contributed by atoms with van der Waals surface area (Å²) < 4.78 is 0. The number of aliphatic imine (C=N–C) groups is 1. The topological polar surface area (TPSA) is 12.4 Å². The van der Waals surface area contributed by atoms with Gasteiger partial charge in [-0.3, -0.25) is 0 Å². The molecule has 0 saturated heterocycles. The normalized spacial score (nSPS) is 9.45. The van der Waals surface area contributed by atoms with E-state index in [2.05, 4.69) is 22.4 Å². The standard InChI is InChI=1S/C9H7NS/c11-8-10-7-6-9-4-2-1-3-5-9/h1-7H. The Kier molecular flexibility index (Phi) is 3.26. The number of benzene rings is 1. The van der Waals surface area contributed by atoms with Crippen molar-refractivity contribution in [2.75, 3.05) is 0 Å². The number of thiocarbonyl (C=S) groups is 1. The molecule has 0 N–H and O–H groups in total. The molecule has 54 valence electrons. The zero-order valence-corrected chi connectivity index (χ0v) is 6.71. The maximum absolute atomic E-state index is 4.40. The van der Waals surface area contributed by atoms with Crippen molar-refractivity contribution in [3.63, 3.8) is 0 Å². The third-order valence-electron chi connectivity index (χ3n) is 1.19. The van der Waals surface area contributed by atoms with Crippen molar-refractivity contribution in [3.8, 4) is 0 Å². The van der Waals surface area contributed by atoms with Gasteiger partial charge >= 0.3 is 0 Å². The molecule has 1 aromatic rings. The summed E-state index contributed by atoms with van der Waals surface area (Å²) in [5, 5.41) is 2.26. The molecule has 0 amide bonds. The van der Waals surface area contributed by atoms with Gasteiger partial charge in [-0.25, -0.2) is 4.99 Å². The van der Waals surface area contributed by atoms with E-state index in [-0.39, 0.29) is 0 Å². The molecule has 0 heterocycles. The van der Waals surface area contributed by atoms with Crippen LogP contribution in [0.25, 0.3) is 6.08 Å². The van der Waals surface area contributed by atoms with E-state index in [1.165, 1.54) is 0 Å². The van der Waals surface area contributed by atoms with E-state index in [0.29, 0.717) is 0 Å². The quantitative estimate of drug-likeness (QED) is 0.480. The second-order valence-corrected chi connectivity index (χ2v) is 2.13. The van der Waals surface area contributed by atoms with Crippen LogP contribution >= 0.6 is 12.2 Å². The number of rotatable bonds is 2. The fraction of sp³-hybridized carbons (Fsp3) is 0. The first-order chi connectivity index (χ1) is 5.43. The molecular weight excluding hydrogens is 154 g/mol. The fourth-order valence-corrected chi connectivity index (χ4v) is 0.779. The summed E-state index contributed by atoms with van der Waals surface area (Å²) in [5.74, 6) is 0. The molecule has 0 saturated carbocycles. The van der Waals surface area contributed by atoms with Gasteiger partial charge in [-0.1, -0.05) is 30.3 Å². The molecule has 0 aliphatic heterocycles. The Labute approximate surface area is 71.1 Å². The summed E-state index contributed by atoms with van der Waals surface area (Å²) in [6, 6.07) is 9.91. The van der Waals surface area contributed by atoms with Gasteiger partial charge in [0, 0.05) is 6.20 Å². The zero-order chi connectivity index (χ0) is 7.94. The molecule has 11 heavy (non-hydrogen) atoms. The smallest absolute Gasteiger partial charge is 0.0634 e. The summed E-state index contributed by atoms with van der Waals surface area (Å²) >= 11 is 4.40. The predicted octanol–water partition coefficient (Wildman–Crippen LogP) is 2.76. The van der Waals surface area contributed by atoms with Gasteiger partial charge in [0.15, 0.2) is 0 Å². The van der Waals surface area contributed by atoms with Gasteiger partial charge in [-0.15, -0.1) is 0 Å². The maximum Gasteiger partial charge on any atom is 0.0634 e. The second-order valence-electron chi connectivity index (χ2n) is 1.95. The summed E-state index contributed by atoms with van der Waals surface area (Å²) in [7, 11) is 0. The Morgan fingerprint density at radius 2 is 2.00 bits per heavy atom. The van der Waals surface area contributed by atoms with Crippen molar-refractivity contribution < 1.29 is 0 Å². The SMILES string of the molecule is S=C=NC=Cc1ccccc1. The molecule has 0 radical (unpaired) electrons. The number of nitrogens with zero attached hydrogens (tertiary/aromatic N) is 1. The Morgan fingerprint density at radius 3 is 2.64 bits per heavy atom. The van der Waals surface area contributed by atoms with Crippen LogP contribution in [0, 0.1) is 0 Å². The van der Waals surface area contributed by atoms with Crippen LogP contribution in [0.3, 0.4) is 0 Å². The molecular formula is C9H7NS. The fourth-order valence-electron chi connectivity index (χ4n) is 0.718. The van der Waals surface area contributed by atoms with E-state index in [1.54, 1.807) is 6.20 Å². The van der Waals surface area contributed by atoms with Gasteiger partial charge in [-0.2, -0.15) is 0 Å². The Hall–Kier alpha value is -1.24. The van der Waals surface area contributed by atoms with Crippen molar-refractivity contribution >= 4 is 23.5 Å². The van der Waals surface area contributed by atoms with Crippen LogP contribution in [0.1, 0.15) is 5.56 Å². The van der Waals surface area contributed by atoms with Gasteiger partial charge in [0.05, 0.1) is 5.16 Å². The van der Waals surface area contributed by atoms with Crippen LogP contribution in [0.2, 0.25) is 0 Å². The lowest BCUT2D eigenvalue weighted by atomic mass is 10.2. The van der Waals surface area contributed by atoms with Crippen LogP contribution < -0.4 is 0 Å². The van der Waals surface area contributed by atoms with Crippen molar-refractivity contribution in [2.45, 2.75) is 0 Å². The average Bonchev–Trinajstić information content (AvgIpc) is 2.07. The van der Waals surface area contributed by atoms with E-state index in [4.69, 9.17) is 0 Å². The van der Waals surface area contributed by atoms with Crippen LogP contribution in [0.5, 0.6) is 0 Å². The molecule has 1 aromatic carbocycles. The minimum absolute atomic E-state index is 1.11. The summed E-state index contributed by atoms with van der Waals surface area (Å²) in [5.41, 5.74) is 1.11. The lowest BCUT2D eigenvalue weighted by Gasteiger charge is -1.86. The molecule has 0 aliphatic carbocycles. The summed E-state index contributed by atoms with van der Waals surface area (Å²) in [4.78, 5) is 3.65. The Balaban J connectivity index is 2.72. The summed E-state index contributed by atoms with van der Waals surface area (Å²) in [6.07, 6.45) is 3.50. The molecule has 0 aliphatic rings. The Bertz CT molecular complexity index is 284. The van der Waals surface area contributed by atoms with Gasteiger partial charge in [0.1, 0.15) is 0 Å². The lowest BCUT2D eigenvalue weighted by molar-refractivity contribution is 1.60. The highest BCUT2D eigenvalue weighted by atomic mass is 32.1. The van der Waals surface area contributed by atoms with Crippen molar-refractivity contribution in [1.29, 1.82) is 0 Å². The zero-order valence-electron chi connectivity index (χ0n) is 5.90. The molecule has 0 bridgehead atoms. The first kappa shape index (κ1) is 7.86. The van der Waals surface area contributed by atoms with Crippen LogP contribution in [0.4, 0.5) is 0 Å². The third-order valence-corrected chi connectivity index (χ3v) is 1.30. The molecule has 0 unspecified atom stereocenters. The van der Waals surface area contributed by atoms with Crippen molar-refractivity contribution in [3.05, 3.63) is 42.1 Å². The average molecular weight is 161 g/mol. The number of hydrogen-bond acceptors (Lipinski definition) is 2. The van der Waals surface area contributed by atoms with E-state index < -0.39 is 0 Å². The van der Waals surface area contributed by atoms with E-state index in [0.717, 1.165) is 5.56 Å². The first-order valence-electron chi connectivity index (χ1n) is 3.22. The predicted molar refractivity (Wildman–Crippen MR) is 50.5 cm³/mol. The highest BCUT2D eigenvalue weighted by Crippen LogP contribution is 1.99. The minimum atomic E-state index is 1.11. The van der Waals surface area contributed by atoms with Crippen molar-refractivity contribution in [1.82, 2.24) is 0 Å². The molecule has 0 aromatic heterocycles. The highest BCUT2D eigenvalue weighted by molar-refractivity contribution is 7.78. The summed E-state index contributed by atoms with van der Waals surface area (Å²) in [6.45, 7) is 0. The Morgan fingerprint density at radius 1 is 1.27 bits per heavy atom. The molecule has 0 spiro atoms. The van der Waals surface area contributed by atoms with Gasteiger partial charge < -0.3 is 0 Å². The minimum Gasteiger partial charge on any atom is -0.203 e. The van der Waals surface area contributed by atoms with Crippen molar-refractivity contribution in [2.24, 2.45) is 4.99 Å². The molecule has 0 fully saturated rings. The van der Waals surface area contributed by atoms with Gasteiger partial charge in [0.25, 0.3) is 0 Å². The molecule has 1 nitrogen and oxygen atoms in total. The van der Waals surface area contributed by atoms with Gasteiger partial charge in [-0.05, 0) is 23.9 Å². The second kappa shape index (κ2) is 4.56. The van der Waals surface area contributed by atoms with E-state index in [1.807, 2.05) is 36.4 Å². The van der Waals surface area contributed by atoms with Gasteiger partial charge in [0.2, 0.25) is 0 Å². The lowest BCUT2D eigenvalue weighted by Crippen LogP contribution is -1.66. The monoisotopic (exact) mass is 161 g/mol. The van der Waals surface area contributed by atoms with E-state index in [9.17, 15) is 0 Å². The van der Waals surface area contributed by atoms with Crippen LogP contribution in [-0.4, -0.2) is 5.16 Å². The van der Waals surface area contributed by atoms with E-state index >= 15 is 0 Å². The highest BCUT2D eigenvalue weighted by Gasteiger charge is 1.79. The number of isothiocyanates is 1. The molecule has 1 rings (SSSR count). The van der Waals surface area contributed by atoms with Crippen LogP contribution in [-0.2, 0) is 0 Å². The number of hydrogen-bond donors (Lipinski definition) is 0. The van der Waals surface area contributed by atoms with Crippen LogP contribution in [0.15, 0.2) is 41.5 Å².